The Bertz CT molecular complexity index is 1100. The highest BCUT2D eigenvalue weighted by atomic mass is 32.2. The minimum Gasteiger partial charge on any atom is -0.288 e. The Morgan fingerprint density at radius 3 is 1.84 bits per heavy atom. The molecular formula is C23H24N2O5S2. The van der Waals surface area contributed by atoms with Gasteiger partial charge in [-0.1, -0.05) is 78.9 Å². The summed E-state index contributed by atoms with van der Waals surface area (Å²) in [4.78, 5) is 2.23. The molecule has 0 spiro atoms. The van der Waals surface area contributed by atoms with E-state index in [1.54, 1.807) is 24.3 Å². The van der Waals surface area contributed by atoms with Crippen molar-refractivity contribution in [3.63, 3.8) is 0 Å². The van der Waals surface area contributed by atoms with Crippen LogP contribution in [0.4, 0.5) is 5.69 Å². The first kappa shape index (κ1) is 22.6. The van der Waals surface area contributed by atoms with Crippen molar-refractivity contribution in [1.82, 2.24) is 4.90 Å². The number of anilines is 1. The summed E-state index contributed by atoms with van der Waals surface area (Å²) in [6.45, 7) is 1.01. The fraction of sp³-hybridized carbons (Fsp3) is 0.217. The van der Waals surface area contributed by atoms with Crippen LogP contribution >= 0.6 is 0 Å². The lowest BCUT2D eigenvalue weighted by molar-refractivity contribution is 0.116. The molecule has 0 radical (unpaired) electrons. The second kappa shape index (κ2) is 9.93. The summed E-state index contributed by atoms with van der Waals surface area (Å²) in [5.41, 5.74) is 2.76. The van der Waals surface area contributed by atoms with Gasteiger partial charge in [0.25, 0.3) is 10.0 Å². The van der Waals surface area contributed by atoms with Crippen molar-refractivity contribution in [3.05, 3.63) is 102 Å². The van der Waals surface area contributed by atoms with Crippen LogP contribution in [0.2, 0.25) is 0 Å². The van der Waals surface area contributed by atoms with E-state index in [-0.39, 0.29) is 12.1 Å². The molecule has 0 saturated carbocycles. The van der Waals surface area contributed by atoms with Gasteiger partial charge in [0.05, 0.1) is 17.8 Å². The zero-order chi connectivity index (χ0) is 22.6. The van der Waals surface area contributed by atoms with E-state index in [0.29, 0.717) is 18.8 Å². The number of hydrogen-bond acceptors (Lipinski definition) is 5. The second-order valence-electron chi connectivity index (χ2n) is 7.53. The Kier molecular flexibility index (Phi) is 7.02. The second-order valence-corrected chi connectivity index (χ2v) is 9.99. The Morgan fingerprint density at radius 1 is 0.906 bits per heavy atom. The molecule has 32 heavy (non-hydrogen) atoms. The molecule has 1 atom stereocenters. The lowest BCUT2D eigenvalue weighted by atomic mass is 9.93. The SMILES string of the molecule is O=S(O)OCS(=O)(=O)N(c1ccccc1)C1CN(C(c2ccccc2)c2ccccc2)C1. The van der Waals surface area contributed by atoms with E-state index in [4.69, 9.17) is 4.55 Å². The van der Waals surface area contributed by atoms with Crippen molar-refractivity contribution in [2.45, 2.75) is 12.1 Å². The Labute approximate surface area is 190 Å². The molecule has 7 nitrogen and oxygen atoms in total. The molecule has 168 valence electrons. The Balaban J connectivity index is 1.60. The van der Waals surface area contributed by atoms with Crippen molar-refractivity contribution in [1.29, 1.82) is 0 Å². The molecule has 3 aromatic rings. The van der Waals surface area contributed by atoms with Gasteiger partial charge >= 0.3 is 11.4 Å². The predicted molar refractivity (Wildman–Crippen MR) is 125 cm³/mol. The van der Waals surface area contributed by atoms with Crippen molar-refractivity contribution < 1.29 is 21.4 Å². The first-order valence-electron chi connectivity index (χ1n) is 10.1. The summed E-state index contributed by atoms with van der Waals surface area (Å²) in [5, 5.41) is 0. The molecule has 0 amide bonds. The van der Waals surface area contributed by atoms with Crippen LogP contribution in [0.25, 0.3) is 0 Å². The zero-order valence-electron chi connectivity index (χ0n) is 17.2. The van der Waals surface area contributed by atoms with Crippen LogP contribution in [-0.2, 0) is 25.6 Å². The van der Waals surface area contributed by atoms with E-state index in [2.05, 4.69) is 33.3 Å². The molecule has 0 aliphatic carbocycles. The number of benzene rings is 3. The summed E-state index contributed by atoms with van der Waals surface area (Å²) in [6, 6.07) is 28.6. The summed E-state index contributed by atoms with van der Waals surface area (Å²) in [5.74, 6) is -0.873. The van der Waals surface area contributed by atoms with Crippen LogP contribution in [-0.4, -0.2) is 47.1 Å². The zero-order valence-corrected chi connectivity index (χ0v) is 18.9. The molecule has 1 fully saturated rings. The van der Waals surface area contributed by atoms with E-state index in [1.807, 2.05) is 42.5 Å². The number of nitrogens with zero attached hydrogens (tertiary/aromatic N) is 2. The van der Waals surface area contributed by atoms with Crippen molar-refractivity contribution in [2.24, 2.45) is 0 Å². The molecule has 3 aromatic carbocycles. The van der Waals surface area contributed by atoms with Crippen LogP contribution in [0.3, 0.4) is 0 Å². The Morgan fingerprint density at radius 2 is 1.38 bits per heavy atom. The fourth-order valence-corrected chi connectivity index (χ4v) is 6.02. The van der Waals surface area contributed by atoms with E-state index >= 15 is 0 Å². The lowest BCUT2D eigenvalue weighted by Crippen LogP contribution is -2.62. The Hall–Kier alpha value is -2.56. The van der Waals surface area contributed by atoms with Crippen LogP contribution in [0, 0.1) is 0 Å². The van der Waals surface area contributed by atoms with Gasteiger partial charge in [-0.15, -0.1) is 0 Å². The summed E-state index contributed by atoms with van der Waals surface area (Å²) in [7, 11) is -3.98. The molecule has 1 saturated heterocycles. The minimum atomic E-state index is -3.98. The third kappa shape index (κ3) is 5.08. The molecule has 1 aliphatic rings. The predicted octanol–water partition coefficient (Wildman–Crippen LogP) is 3.41. The van der Waals surface area contributed by atoms with Gasteiger partial charge in [0.2, 0.25) is 0 Å². The largest absolute Gasteiger partial charge is 0.302 e. The van der Waals surface area contributed by atoms with E-state index in [0.717, 1.165) is 11.1 Å². The average Bonchev–Trinajstić information content (AvgIpc) is 2.78. The van der Waals surface area contributed by atoms with Crippen molar-refractivity contribution >= 4 is 27.1 Å². The van der Waals surface area contributed by atoms with Gasteiger partial charge < -0.3 is 0 Å². The maximum Gasteiger partial charge on any atom is 0.302 e. The first-order chi connectivity index (χ1) is 15.5. The van der Waals surface area contributed by atoms with Gasteiger partial charge in [0, 0.05) is 13.1 Å². The van der Waals surface area contributed by atoms with Crippen LogP contribution in [0.1, 0.15) is 17.2 Å². The van der Waals surface area contributed by atoms with Crippen LogP contribution < -0.4 is 4.31 Å². The van der Waals surface area contributed by atoms with Crippen LogP contribution in [0.15, 0.2) is 91.0 Å². The van der Waals surface area contributed by atoms with Gasteiger partial charge in [0.1, 0.15) is 0 Å². The molecule has 1 heterocycles. The van der Waals surface area contributed by atoms with Gasteiger partial charge in [-0.05, 0) is 23.3 Å². The maximum absolute atomic E-state index is 13.0. The van der Waals surface area contributed by atoms with Crippen molar-refractivity contribution in [3.8, 4) is 0 Å². The number of likely N-dealkylation sites (tertiary alicyclic amines) is 1. The average molecular weight is 473 g/mol. The monoisotopic (exact) mass is 472 g/mol. The number of sulfonamides is 1. The summed E-state index contributed by atoms with van der Waals surface area (Å²) in [6.07, 6.45) is 0. The summed E-state index contributed by atoms with van der Waals surface area (Å²) < 4.78 is 51.7. The molecule has 1 N–H and O–H groups in total. The summed E-state index contributed by atoms with van der Waals surface area (Å²) >= 11 is -2.66. The fourth-order valence-electron chi connectivity index (χ4n) is 4.06. The lowest BCUT2D eigenvalue weighted by Gasteiger charge is -2.49. The smallest absolute Gasteiger partial charge is 0.288 e. The van der Waals surface area contributed by atoms with Crippen molar-refractivity contribution in [2.75, 3.05) is 23.3 Å². The highest BCUT2D eigenvalue weighted by Crippen LogP contribution is 2.35. The number of hydrogen-bond donors (Lipinski definition) is 1. The molecule has 4 rings (SSSR count). The van der Waals surface area contributed by atoms with E-state index in [1.165, 1.54) is 4.31 Å². The molecule has 1 aliphatic heterocycles. The highest BCUT2D eigenvalue weighted by Gasteiger charge is 2.42. The quantitative estimate of drug-likeness (QED) is 0.481. The van der Waals surface area contributed by atoms with Gasteiger partial charge in [0.15, 0.2) is 5.94 Å². The molecule has 0 bridgehead atoms. The normalized spacial score (nSPS) is 15.9. The highest BCUT2D eigenvalue weighted by molar-refractivity contribution is 7.93. The number of rotatable bonds is 9. The van der Waals surface area contributed by atoms with E-state index in [9.17, 15) is 12.6 Å². The topological polar surface area (TPSA) is 87.1 Å². The number of para-hydroxylation sites is 1. The van der Waals surface area contributed by atoms with Crippen LogP contribution in [0.5, 0.6) is 0 Å². The molecule has 1 unspecified atom stereocenters. The standard InChI is InChI=1S/C23H24N2O5S2/c26-31(27)30-18-32(28,29)25(21-14-8-3-9-15-21)22-16-24(17-22)23(19-10-4-1-5-11-19)20-12-6-2-7-13-20/h1-15,22-23H,16-18H2,(H,26,27). The molecule has 0 aromatic heterocycles. The first-order valence-corrected chi connectivity index (χ1v) is 12.7. The molecule has 9 heteroatoms. The van der Waals surface area contributed by atoms with E-state index < -0.39 is 27.3 Å². The maximum atomic E-state index is 13.0. The van der Waals surface area contributed by atoms with Gasteiger partial charge in [-0.3, -0.25) is 17.9 Å². The third-order valence-corrected chi connectivity index (χ3v) is 7.42. The third-order valence-electron chi connectivity index (χ3n) is 5.43. The van der Waals surface area contributed by atoms with Gasteiger partial charge in [-0.2, -0.15) is 4.21 Å². The molecular weight excluding hydrogens is 448 g/mol. The van der Waals surface area contributed by atoms with Gasteiger partial charge in [-0.25, -0.2) is 8.42 Å². The minimum absolute atomic E-state index is 0.00447.